The molecule has 2 rings (SSSR count). The number of rotatable bonds is 3. The van der Waals surface area contributed by atoms with E-state index in [1.807, 2.05) is 6.92 Å². The second-order valence-electron chi connectivity index (χ2n) is 4.15. The molecule has 0 saturated carbocycles. The Morgan fingerprint density at radius 2 is 1.74 bits per heavy atom. The zero-order valence-electron chi connectivity index (χ0n) is 10.2. The van der Waals surface area contributed by atoms with Crippen LogP contribution in [-0.4, -0.2) is 8.42 Å². The Labute approximate surface area is 111 Å². The van der Waals surface area contributed by atoms with Crippen molar-refractivity contribution in [3.63, 3.8) is 0 Å². The molecule has 0 aliphatic carbocycles. The van der Waals surface area contributed by atoms with E-state index in [1.54, 1.807) is 12.1 Å². The zero-order valence-corrected chi connectivity index (χ0v) is 11.0. The van der Waals surface area contributed by atoms with Crippen LogP contribution >= 0.6 is 0 Å². The standard InChI is InChI=1S/C13H13FN2O2S/c1-9-2-7-13(12(15)8-9)19(17,18)16-11-5-3-10(14)4-6-11/h2-8,16H,15H2,1H3. The molecule has 0 saturated heterocycles. The maximum atomic E-state index is 12.8. The van der Waals surface area contributed by atoms with E-state index in [0.717, 1.165) is 5.56 Å². The highest BCUT2D eigenvalue weighted by atomic mass is 32.2. The van der Waals surface area contributed by atoms with Crippen molar-refractivity contribution >= 4 is 21.4 Å². The molecule has 0 aliphatic heterocycles. The highest BCUT2D eigenvalue weighted by Crippen LogP contribution is 2.22. The number of halogens is 1. The van der Waals surface area contributed by atoms with Gasteiger partial charge in [0.15, 0.2) is 0 Å². The highest BCUT2D eigenvalue weighted by Gasteiger charge is 2.17. The van der Waals surface area contributed by atoms with Gasteiger partial charge in [-0.3, -0.25) is 4.72 Å². The first kappa shape index (κ1) is 13.4. The smallest absolute Gasteiger partial charge is 0.263 e. The van der Waals surface area contributed by atoms with Crippen molar-refractivity contribution in [1.29, 1.82) is 0 Å². The monoisotopic (exact) mass is 280 g/mol. The van der Waals surface area contributed by atoms with Crippen molar-refractivity contribution in [2.24, 2.45) is 0 Å². The number of anilines is 2. The van der Waals surface area contributed by atoms with E-state index in [0.29, 0.717) is 0 Å². The lowest BCUT2D eigenvalue weighted by Gasteiger charge is -2.10. The first-order chi connectivity index (χ1) is 8.88. The van der Waals surface area contributed by atoms with Gasteiger partial charge in [0.05, 0.1) is 5.69 Å². The lowest BCUT2D eigenvalue weighted by molar-refractivity contribution is 0.601. The first-order valence-electron chi connectivity index (χ1n) is 5.53. The second-order valence-corrected chi connectivity index (χ2v) is 5.80. The summed E-state index contributed by atoms with van der Waals surface area (Å²) in [5.41, 5.74) is 7.03. The molecule has 0 unspecified atom stereocenters. The SMILES string of the molecule is Cc1ccc(S(=O)(=O)Nc2ccc(F)cc2)c(N)c1. The summed E-state index contributed by atoms with van der Waals surface area (Å²) < 4.78 is 39.4. The van der Waals surface area contributed by atoms with Gasteiger partial charge in [-0.1, -0.05) is 6.07 Å². The molecule has 0 spiro atoms. The van der Waals surface area contributed by atoms with E-state index in [4.69, 9.17) is 5.73 Å². The van der Waals surface area contributed by atoms with Gasteiger partial charge in [-0.25, -0.2) is 12.8 Å². The van der Waals surface area contributed by atoms with Crippen LogP contribution in [0.3, 0.4) is 0 Å². The van der Waals surface area contributed by atoms with Crippen molar-refractivity contribution in [2.45, 2.75) is 11.8 Å². The largest absolute Gasteiger partial charge is 0.398 e. The zero-order chi connectivity index (χ0) is 14.0. The van der Waals surface area contributed by atoms with Crippen LogP contribution < -0.4 is 10.5 Å². The molecule has 2 aromatic carbocycles. The van der Waals surface area contributed by atoms with E-state index in [1.165, 1.54) is 30.3 Å². The van der Waals surface area contributed by atoms with Crippen LogP contribution in [0.15, 0.2) is 47.4 Å². The molecule has 0 radical (unpaired) electrons. The summed E-state index contributed by atoms with van der Waals surface area (Å²) in [7, 11) is -3.77. The number of hydrogen-bond donors (Lipinski definition) is 2. The third-order valence-electron chi connectivity index (χ3n) is 2.55. The Hall–Kier alpha value is -2.08. The molecule has 0 atom stereocenters. The van der Waals surface area contributed by atoms with Gasteiger partial charge in [-0.2, -0.15) is 0 Å². The first-order valence-corrected chi connectivity index (χ1v) is 7.01. The summed E-state index contributed by atoms with van der Waals surface area (Å²) in [4.78, 5) is 0.00225. The van der Waals surface area contributed by atoms with Gasteiger partial charge in [-0.15, -0.1) is 0 Å². The molecule has 0 aromatic heterocycles. The third-order valence-corrected chi connectivity index (χ3v) is 4.01. The van der Waals surface area contributed by atoms with Crippen molar-refractivity contribution in [3.05, 3.63) is 53.8 Å². The highest BCUT2D eigenvalue weighted by molar-refractivity contribution is 7.92. The number of sulfonamides is 1. The summed E-state index contributed by atoms with van der Waals surface area (Å²) in [6.45, 7) is 1.82. The Morgan fingerprint density at radius 1 is 1.11 bits per heavy atom. The van der Waals surface area contributed by atoms with Gasteiger partial charge in [-0.05, 0) is 48.9 Å². The molecular formula is C13H13FN2O2S. The van der Waals surface area contributed by atoms with Crippen LogP contribution in [0.4, 0.5) is 15.8 Å². The Bertz CT molecular complexity index is 697. The summed E-state index contributed by atoms with van der Waals surface area (Å²) in [6.07, 6.45) is 0. The molecular weight excluding hydrogens is 267 g/mol. The minimum atomic E-state index is -3.77. The number of benzene rings is 2. The number of hydrogen-bond acceptors (Lipinski definition) is 3. The number of aryl methyl sites for hydroxylation is 1. The van der Waals surface area contributed by atoms with Gasteiger partial charge >= 0.3 is 0 Å². The molecule has 0 amide bonds. The molecule has 3 N–H and O–H groups in total. The van der Waals surface area contributed by atoms with Crippen molar-refractivity contribution in [3.8, 4) is 0 Å². The Morgan fingerprint density at radius 3 is 2.32 bits per heavy atom. The molecule has 0 heterocycles. The number of nitrogens with one attached hydrogen (secondary N) is 1. The van der Waals surface area contributed by atoms with Crippen molar-refractivity contribution in [1.82, 2.24) is 0 Å². The molecule has 0 fully saturated rings. The summed E-state index contributed by atoms with van der Waals surface area (Å²) in [6, 6.07) is 9.73. The van der Waals surface area contributed by atoms with Gasteiger partial charge in [0, 0.05) is 5.69 Å². The summed E-state index contributed by atoms with van der Waals surface area (Å²) >= 11 is 0. The molecule has 100 valence electrons. The minimum Gasteiger partial charge on any atom is -0.398 e. The van der Waals surface area contributed by atoms with Gasteiger partial charge < -0.3 is 5.73 Å². The average molecular weight is 280 g/mol. The van der Waals surface area contributed by atoms with Gasteiger partial charge in [0.25, 0.3) is 10.0 Å². The maximum Gasteiger partial charge on any atom is 0.263 e. The van der Waals surface area contributed by atoms with Crippen LogP contribution in [0.25, 0.3) is 0 Å². The fraction of sp³-hybridized carbons (Fsp3) is 0.0769. The molecule has 0 bridgehead atoms. The van der Waals surface area contributed by atoms with Crippen molar-refractivity contribution < 1.29 is 12.8 Å². The molecule has 4 nitrogen and oxygen atoms in total. The average Bonchev–Trinajstić information content (AvgIpc) is 2.31. The predicted octanol–water partition coefficient (Wildman–Crippen LogP) is 2.52. The fourth-order valence-corrected chi connectivity index (χ4v) is 2.81. The molecule has 2 aromatic rings. The Kier molecular flexibility index (Phi) is 3.44. The van der Waals surface area contributed by atoms with Gasteiger partial charge in [0.2, 0.25) is 0 Å². The van der Waals surface area contributed by atoms with E-state index in [2.05, 4.69) is 4.72 Å². The quantitative estimate of drug-likeness (QED) is 0.848. The fourth-order valence-electron chi connectivity index (χ4n) is 1.64. The third kappa shape index (κ3) is 3.03. The molecule has 0 aliphatic rings. The van der Waals surface area contributed by atoms with Crippen LogP contribution in [0.5, 0.6) is 0 Å². The predicted molar refractivity (Wildman–Crippen MR) is 72.8 cm³/mol. The topological polar surface area (TPSA) is 72.2 Å². The number of nitrogens with two attached hydrogens (primary N) is 1. The number of nitrogen functional groups attached to an aromatic ring is 1. The Balaban J connectivity index is 2.35. The van der Waals surface area contributed by atoms with Gasteiger partial charge in [0.1, 0.15) is 10.7 Å². The maximum absolute atomic E-state index is 12.8. The van der Waals surface area contributed by atoms with Crippen LogP contribution in [0.2, 0.25) is 0 Å². The van der Waals surface area contributed by atoms with Crippen LogP contribution in [0, 0.1) is 12.7 Å². The summed E-state index contributed by atoms with van der Waals surface area (Å²) in [5, 5.41) is 0. The molecule has 19 heavy (non-hydrogen) atoms. The van der Waals surface area contributed by atoms with Crippen molar-refractivity contribution in [2.75, 3.05) is 10.5 Å². The van der Waals surface area contributed by atoms with E-state index in [-0.39, 0.29) is 16.3 Å². The molecule has 6 heteroatoms. The van der Waals surface area contributed by atoms with E-state index < -0.39 is 15.8 Å². The second kappa shape index (κ2) is 4.89. The van der Waals surface area contributed by atoms with Crippen LogP contribution in [-0.2, 0) is 10.0 Å². The normalized spacial score (nSPS) is 11.3. The lowest BCUT2D eigenvalue weighted by atomic mass is 10.2. The minimum absolute atomic E-state index is 0.00225. The summed E-state index contributed by atoms with van der Waals surface area (Å²) in [5.74, 6) is -0.433. The lowest BCUT2D eigenvalue weighted by Crippen LogP contribution is -2.14. The van der Waals surface area contributed by atoms with Crippen LogP contribution in [0.1, 0.15) is 5.56 Å². The van der Waals surface area contributed by atoms with E-state index in [9.17, 15) is 12.8 Å². The van der Waals surface area contributed by atoms with E-state index >= 15 is 0 Å².